The number of benzene rings is 3. The van der Waals surface area contributed by atoms with Crippen LogP contribution in [-0.4, -0.2) is 43.8 Å². The minimum absolute atomic E-state index is 0.0897. The minimum atomic E-state index is -4.09. The first-order valence-electron chi connectivity index (χ1n) is 14.1. The van der Waals surface area contributed by atoms with E-state index in [1.807, 2.05) is 50.2 Å². The number of para-hydroxylation sites is 1. The second kappa shape index (κ2) is 13.7. The number of carbonyl (C=O) groups is 2. The van der Waals surface area contributed by atoms with Crippen molar-refractivity contribution in [2.45, 2.75) is 76.4 Å². The highest BCUT2D eigenvalue weighted by atomic mass is 79.9. The van der Waals surface area contributed by atoms with E-state index < -0.39 is 28.5 Å². The van der Waals surface area contributed by atoms with Crippen LogP contribution in [0.3, 0.4) is 0 Å². The Morgan fingerprint density at radius 3 is 2.29 bits per heavy atom. The lowest BCUT2D eigenvalue weighted by Gasteiger charge is -2.33. The van der Waals surface area contributed by atoms with Gasteiger partial charge in [-0.3, -0.25) is 13.9 Å². The first kappa shape index (κ1) is 30.8. The molecule has 218 valence electrons. The van der Waals surface area contributed by atoms with Crippen molar-refractivity contribution >= 4 is 43.5 Å². The Labute approximate surface area is 252 Å². The summed E-state index contributed by atoms with van der Waals surface area (Å²) in [4.78, 5) is 29.1. The number of anilines is 1. The second-order valence-electron chi connectivity index (χ2n) is 10.8. The Bertz CT molecular complexity index is 1470. The van der Waals surface area contributed by atoms with E-state index in [1.54, 1.807) is 43.3 Å². The predicted octanol–water partition coefficient (Wildman–Crippen LogP) is 6.13. The molecule has 0 saturated heterocycles. The molecule has 41 heavy (non-hydrogen) atoms. The molecule has 3 aromatic carbocycles. The van der Waals surface area contributed by atoms with Crippen molar-refractivity contribution in [3.8, 4) is 0 Å². The monoisotopic (exact) mass is 639 g/mol. The van der Waals surface area contributed by atoms with Gasteiger partial charge in [0.1, 0.15) is 12.6 Å². The first-order valence-corrected chi connectivity index (χ1v) is 16.3. The summed E-state index contributed by atoms with van der Waals surface area (Å²) in [5.41, 5.74) is 2.90. The van der Waals surface area contributed by atoms with Crippen molar-refractivity contribution in [3.63, 3.8) is 0 Å². The molecular formula is C32H38BrN3O4S. The zero-order valence-electron chi connectivity index (χ0n) is 23.8. The molecule has 3 aromatic rings. The Kier molecular flexibility index (Phi) is 10.3. The topological polar surface area (TPSA) is 86.8 Å². The van der Waals surface area contributed by atoms with Gasteiger partial charge in [0, 0.05) is 17.1 Å². The zero-order chi connectivity index (χ0) is 29.6. The zero-order valence-corrected chi connectivity index (χ0v) is 26.2. The van der Waals surface area contributed by atoms with E-state index in [-0.39, 0.29) is 23.4 Å². The van der Waals surface area contributed by atoms with Crippen LogP contribution in [0.2, 0.25) is 0 Å². The van der Waals surface area contributed by atoms with Gasteiger partial charge in [-0.1, -0.05) is 83.2 Å². The third kappa shape index (κ3) is 7.77. The normalized spacial score (nSPS) is 14.7. The maximum Gasteiger partial charge on any atom is 0.264 e. The third-order valence-corrected chi connectivity index (χ3v) is 9.90. The molecule has 1 N–H and O–H groups in total. The van der Waals surface area contributed by atoms with Crippen LogP contribution in [0.1, 0.15) is 55.7 Å². The molecule has 1 saturated carbocycles. The summed E-state index contributed by atoms with van der Waals surface area (Å²) in [7, 11) is -4.09. The van der Waals surface area contributed by atoms with Crippen LogP contribution in [-0.2, 0) is 26.2 Å². The molecular weight excluding hydrogens is 602 g/mol. The number of aryl methyl sites for hydroxylation is 2. The van der Waals surface area contributed by atoms with E-state index in [2.05, 4.69) is 21.2 Å². The molecule has 0 aromatic heterocycles. The number of halogens is 1. The molecule has 0 spiro atoms. The summed E-state index contributed by atoms with van der Waals surface area (Å²) >= 11 is 3.49. The van der Waals surface area contributed by atoms with Gasteiger partial charge in [-0.05, 0) is 75.1 Å². The summed E-state index contributed by atoms with van der Waals surface area (Å²) in [5.74, 6) is -0.695. The van der Waals surface area contributed by atoms with Gasteiger partial charge in [0.25, 0.3) is 10.0 Å². The molecule has 1 fully saturated rings. The SMILES string of the molecule is Cc1ccc(S(=O)(=O)N(CC(=O)N(Cc2cccc(Br)c2)[C@H](C)C(=O)NC2CCCCC2)c2ccccc2C)cc1. The van der Waals surface area contributed by atoms with Gasteiger partial charge in [0.15, 0.2) is 0 Å². The van der Waals surface area contributed by atoms with Gasteiger partial charge >= 0.3 is 0 Å². The van der Waals surface area contributed by atoms with E-state index in [0.29, 0.717) is 5.69 Å². The number of sulfonamides is 1. The fraction of sp³-hybridized carbons (Fsp3) is 0.375. The molecule has 1 atom stereocenters. The molecule has 9 heteroatoms. The Balaban J connectivity index is 1.68. The van der Waals surface area contributed by atoms with E-state index in [0.717, 1.165) is 51.2 Å². The minimum Gasteiger partial charge on any atom is -0.352 e. The van der Waals surface area contributed by atoms with Crippen LogP contribution in [0.15, 0.2) is 82.2 Å². The van der Waals surface area contributed by atoms with Crippen molar-refractivity contribution < 1.29 is 18.0 Å². The van der Waals surface area contributed by atoms with E-state index in [1.165, 1.54) is 11.3 Å². The third-order valence-electron chi connectivity index (χ3n) is 7.63. The number of rotatable bonds is 10. The highest BCUT2D eigenvalue weighted by Crippen LogP contribution is 2.28. The largest absolute Gasteiger partial charge is 0.352 e. The molecule has 0 radical (unpaired) electrons. The lowest BCUT2D eigenvalue weighted by molar-refractivity contribution is -0.139. The van der Waals surface area contributed by atoms with Crippen molar-refractivity contribution in [1.29, 1.82) is 0 Å². The van der Waals surface area contributed by atoms with Crippen molar-refractivity contribution in [2.75, 3.05) is 10.8 Å². The highest BCUT2D eigenvalue weighted by Gasteiger charge is 2.33. The number of nitrogens with zero attached hydrogens (tertiary/aromatic N) is 2. The van der Waals surface area contributed by atoms with Crippen molar-refractivity contribution in [1.82, 2.24) is 10.2 Å². The average molecular weight is 641 g/mol. The lowest BCUT2D eigenvalue weighted by atomic mass is 9.95. The first-order chi connectivity index (χ1) is 19.6. The number of amides is 2. The molecule has 1 aliphatic rings. The van der Waals surface area contributed by atoms with Gasteiger partial charge < -0.3 is 10.2 Å². The van der Waals surface area contributed by atoms with Crippen LogP contribution in [0.5, 0.6) is 0 Å². The number of hydrogen-bond donors (Lipinski definition) is 1. The second-order valence-corrected chi connectivity index (χ2v) is 13.6. The summed E-state index contributed by atoms with van der Waals surface area (Å²) in [6.07, 6.45) is 5.16. The van der Waals surface area contributed by atoms with Gasteiger partial charge in [-0.2, -0.15) is 0 Å². The fourth-order valence-corrected chi connectivity index (χ4v) is 7.10. The van der Waals surface area contributed by atoms with Gasteiger partial charge in [-0.25, -0.2) is 8.42 Å². The highest BCUT2D eigenvalue weighted by molar-refractivity contribution is 9.10. The molecule has 1 aliphatic carbocycles. The summed E-state index contributed by atoms with van der Waals surface area (Å²) < 4.78 is 30.0. The van der Waals surface area contributed by atoms with Gasteiger partial charge in [0.2, 0.25) is 11.8 Å². The van der Waals surface area contributed by atoms with E-state index in [9.17, 15) is 18.0 Å². The molecule has 0 aliphatic heterocycles. The summed E-state index contributed by atoms with van der Waals surface area (Å²) in [5, 5.41) is 3.13. The van der Waals surface area contributed by atoms with Crippen molar-refractivity contribution in [3.05, 3.63) is 94.0 Å². The van der Waals surface area contributed by atoms with Crippen LogP contribution in [0.4, 0.5) is 5.69 Å². The summed E-state index contributed by atoms with van der Waals surface area (Å²) in [6, 6.07) is 20.5. The number of nitrogens with one attached hydrogen (secondary N) is 1. The number of hydrogen-bond acceptors (Lipinski definition) is 4. The van der Waals surface area contributed by atoms with Crippen LogP contribution in [0.25, 0.3) is 0 Å². The Morgan fingerprint density at radius 2 is 1.63 bits per heavy atom. The Hall–Kier alpha value is -3.17. The molecule has 2 amide bonds. The van der Waals surface area contributed by atoms with Gasteiger partial charge in [0.05, 0.1) is 10.6 Å². The quantitative estimate of drug-likeness (QED) is 0.289. The molecule has 0 bridgehead atoms. The standard InChI is InChI=1S/C32H38BrN3O4S/c1-23-16-18-29(19-17-23)41(39,40)36(30-15-8-7-10-24(30)2)22-31(37)35(21-26-11-9-12-27(33)20-26)25(3)32(38)34-28-13-5-4-6-14-28/h7-12,15-20,25,28H,4-6,13-14,21-22H2,1-3H3,(H,34,38)/t25-/m1/s1. The number of carbonyl (C=O) groups excluding carboxylic acids is 2. The average Bonchev–Trinajstić information content (AvgIpc) is 2.95. The fourth-order valence-electron chi connectivity index (χ4n) is 5.18. The smallest absolute Gasteiger partial charge is 0.264 e. The Morgan fingerprint density at radius 1 is 0.951 bits per heavy atom. The maximum absolute atomic E-state index is 14.1. The lowest BCUT2D eigenvalue weighted by Crippen LogP contribution is -2.53. The van der Waals surface area contributed by atoms with Crippen molar-refractivity contribution in [2.24, 2.45) is 0 Å². The molecule has 0 heterocycles. The van der Waals surface area contributed by atoms with E-state index >= 15 is 0 Å². The maximum atomic E-state index is 14.1. The summed E-state index contributed by atoms with van der Waals surface area (Å²) in [6.45, 7) is 5.12. The van der Waals surface area contributed by atoms with Crippen LogP contribution in [0, 0.1) is 13.8 Å². The van der Waals surface area contributed by atoms with Crippen LogP contribution < -0.4 is 9.62 Å². The van der Waals surface area contributed by atoms with Crippen LogP contribution >= 0.6 is 15.9 Å². The van der Waals surface area contributed by atoms with Gasteiger partial charge in [-0.15, -0.1) is 0 Å². The van der Waals surface area contributed by atoms with E-state index in [4.69, 9.17) is 0 Å². The molecule has 0 unspecified atom stereocenters. The predicted molar refractivity (Wildman–Crippen MR) is 166 cm³/mol. The molecule has 7 nitrogen and oxygen atoms in total. The molecule has 4 rings (SSSR count).